The van der Waals surface area contributed by atoms with Gasteiger partial charge >= 0.3 is 0 Å². The van der Waals surface area contributed by atoms with Gasteiger partial charge in [-0.25, -0.2) is 0 Å². The van der Waals surface area contributed by atoms with E-state index in [9.17, 15) is 4.79 Å². The second-order valence-corrected chi connectivity index (χ2v) is 5.69. The van der Waals surface area contributed by atoms with Gasteiger partial charge in [-0.05, 0) is 49.5 Å². The Morgan fingerprint density at radius 2 is 2.05 bits per heavy atom. The summed E-state index contributed by atoms with van der Waals surface area (Å²) in [6.45, 7) is 0.890. The van der Waals surface area contributed by atoms with Gasteiger partial charge in [0.25, 0.3) is 0 Å². The number of hydrogen-bond donors (Lipinski definition) is 1. The largest absolute Gasteiger partial charge is 0.318 e. The van der Waals surface area contributed by atoms with Gasteiger partial charge in [-0.1, -0.05) is 24.6 Å². The zero-order chi connectivity index (χ0) is 13.2. The number of aryl methyl sites for hydroxylation is 1. The maximum absolute atomic E-state index is 12.0. The number of para-hydroxylation sites is 1. The summed E-state index contributed by atoms with van der Waals surface area (Å²) in [5.74, 6) is 0.275. The molecule has 1 saturated carbocycles. The molecule has 4 heteroatoms. The second kappa shape index (κ2) is 5.29. The molecule has 19 heavy (non-hydrogen) atoms. The summed E-state index contributed by atoms with van der Waals surface area (Å²) in [6.07, 6.45) is 5.34. The van der Waals surface area contributed by atoms with E-state index >= 15 is 0 Å². The normalized spacial score (nSPS) is 18.4. The zero-order valence-electron chi connectivity index (χ0n) is 10.9. The van der Waals surface area contributed by atoms with Crippen LogP contribution in [0.3, 0.4) is 0 Å². The van der Waals surface area contributed by atoms with E-state index in [1.807, 2.05) is 6.07 Å². The quantitative estimate of drug-likeness (QED) is 0.799. The summed E-state index contributed by atoms with van der Waals surface area (Å²) in [5, 5.41) is 3.47. The molecule has 2 aliphatic rings. The van der Waals surface area contributed by atoms with Gasteiger partial charge in [0.1, 0.15) is 0 Å². The van der Waals surface area contributed by atoms with E-state index in [-0.39, 0.29) is 11.8 Å². The first-order chi connectivity index (χ1) is 9.25. The number of carbonyl (C=O) groups is 1. The smallest absolute Gasteiger partial charge is 0.229 e. The van der Waals surface area contributed by atoms with E-state index in [2.05, 4.69) is 28.4 Å². The molecule has 1 fully saturated rings. The topological polar surface area (TPSA) is 32.3 Å². The molecule has 0 bridgehead atoms. The van der Waals surface area contributed by atoms with Crippen molar-refractivity contribution in [3.05, 3.63) is 29.8 Å². The van der Waals surface area contributed by atoms with Crippen LogP contribution >= 0.6 is 12.2 Å². The van der Waals surface area contributed by atoms with E-state index in [0.717, 1.165) is 44.3 Å². The van der Waals surface area contributed by atoms with E-state index < -0.39 is 0 Å². The van der Waals surface area contributed by atoms with Crippen LogP contribution in [-0.2, 0) is 11.2 Å². The van der Waals surface area contributed by atoms with E-state index in [1.54, 1.807) is 0 Å². The lowest BCUT2D eigenvalue weighted by Crippen LogP contribution is -2.47. The third-order valence-electron chi connectivity index (χ3n) is 4.06. The molecule has 3 rings (SSSR count). The minimum atomic E-state index is 0.0966. The van der Waals surface area contributed by atoms with Gasteiger partial charge in [0, 0.05) is 18.2 Å². The monoisotopic (exact) mass is 274 g/mol. The lowest BCUT2D eigenvalue weighted by Gasteiger charge is -2.32. The zero-order valence-corrected chi connectivity index (χ0v) is 11.7. The Kier molecular flexibility index (Phi) is 3.51. The average molecular weight is 274 g/mol. The maximum Gasteiger partial charge on any atom is 0.229 e. The fourth-order valence-corrected chi connectivity index (χ4v) is 2.98. The maximum atomic E-state index is 12.0. The Labute approximate surface area is 119 Å². The molecule has 0 aromatic heterocycles. The van der Waals surface area contributed by atoms with Gasteiger partial charge in [-0.15, -0.1) is 0 Å². The molecule has 1 aliphatic carbocycles. The van der Waals surface area contributed by atoms with Gasteiger partial charge in [0.15, 0.2) is 5.11 Å². The van der Waals surface area contributed by atoms with E-state index in [0.29, 0.717) is 5.11 Å². The summed E-state index contributed by atoms with van der Waals surface area (Å²) in [5.41, 5.74) is 2.46. The molecule has 1 aromatic carbocycles. The molecule has 1 amide bonds. The first-order valence-electron chi connectivity index (χ1n) is 6.96. The SMILES string of the molecule is O=C(NC(=S)N1CCCc2ccccc21)C1CCC1. The summed E-state index contributed by atoms with van der Waals surface area (Å²) in [4.78, 5) is 14.0. The van der Waals surface area contributed by atoms with Crippen LogP contribution in [0.5, 0.6) is 0 Å². The van der Waals surface area contributed by atoms with Crippen molar-refractivity contribution in [3.8, 4) is 0 Å². The minimum absolute atomic E-state index is 0.0966. The van der Waals surface area contributed by atoms with Gasteiger partial charge in [0.05, 0.1) is 0 Å². The molecule has 0 unspecified atom stereocenters. The molecule has 3 nitrogen and oxygen atoms in total. The third-order valence-corrected chi connectivity index (χ3v) is 4.38. The third kappa shape index (κ3) is 2.50. The number of carbonyl (C=O) groups excluding carboxylic acids is 1. The molecule has 1 aromatic rings. The van der Waals surface area contributed by atoms with E-state index in [4.69, 9.17) is 12.2 Å². The summed E-state index contributed by atoms with van der Waals surface area (Å²) in [7, 11) is 0. The lowest BCUT2D eigenvalue weighted by molar-refractivity contribution is -0.125. The molecule has 0 saturated heterocycles. The van der Waals surface area contributed by atoms with Crippen LogP contribution in [0.1, 0.15) is 31.2 Å². The van der Waals surface area contributed by atoms with Crippen molar-refractivity contribution in [1.82, 2.24) is 5.32 Å². The molecule has 1 N–H and O–H groups in total. The first kappa shape index (κ1) is 12.6. The van der Waals surface area contributed by atoms with Crippen molar-refractivity contribution < 1.29 is 4.79 Å². The van der Waals surface area contributed by atoms with Crippen LogP contribution in [-0.4, -0.2) is 17.6 Å². The number of anilines is 1. The summed E-state index contributed by atoms with van der Waals surface area (Å²) in [6, 6.07) is 8.29. The molecule has 0 spiro atoms. The highest BCUT2D eigenvalue weighted by atomic mass is 32.1. The Hall–Kier alpha value is -1.42. The van der Waals surface area contributed by atoms with Crippen LogP contribution < -0.4 is 10.2 Å². The first-order valence-corrected chi connectivity index (χ1v) is 7.37. The van der Waals surface area contributed by atoms with Crippen molar-refractivity contribution >= 4 is 28.9 Å². The molecule has 1 aliphatic heterocycles. The van der Waals surface area contributed by atoms with Crippen LogP contribution in [0.25, 0.3) is 0 Å². The minimum Gasteiger partial charge on any atom is -0.318 e. The van der Waals surface area contributed by atoms with Crippen molar-refractivity contribution in [3.63, 3.8) is 0 Å². The number of thiocarbonyl (C=S) groups is 1. The number of amides is 1. The molecule has 100 valence electrons. The van der Waals surface area contributed by atoms with Crippen LogP contribution in [0.4, 0.5) is 5.69 Å². The Bertz CT molecular complexity index is 511. The van der Waals surface area contributed by atoms with Gasteiger partial charge in [0.2, 0.25) is 5.91 Å². The van der Waals surface area contributed by atoms with Gasteiger partial charge in [-0.3, -0.25) is 4.79 Å². The molecule has 0 atom stereocenters. The Morgan fingerprint density at radius 1 is 1.26 bits per heavy atom. The standard InChI is InChI=1S/C15H18N2OS/c18-14(12-6-3-7-12)16-15(19)17-10-4-8-11-5-1-2-9-13(11)17/h1-2,5,9,12H,3-4,6-8,10H2,(H,16,18,19). The van der Waals surface area contributed by atoms with Crippen molar-refractivity contribution in [2.24, 2.45) is 5.92 Å². The number of nitrogens with one attached hydrogen (secondary N) is 1. The van der Waals surface area contributed by atoms with Crippen LogP contribution in [0.15, 0.2) is 24.3 Å². The number of hydrogen-bond acceptors (Lipinski definition) is 2. The van der Waals surface area contributed by atoms with Crippen LogP contribution in [0.2, 0.25) is 0 Å². The molecular formula is C15H18N2OS. The number of rotatable bonds is 1. The highest BCUT2D eigenvalue weighted by Crippen LogP contribution is 2.28. The summed E-state index contributed by atoms with van der Waals surface area (Å²) >= 11 is 5.41. The predicted octanol–water partition coefficient (Wildman–Crippen LogP) is 2.64. The second-order valence-electron chi connectivity index (χ2n) is 5.31. The van der Waals surface area contributed by atoms with Crippen molar-refractivity contribution in [2.75, 3.05) is 11.4 Å². The predicted molar refractivity (Wildman–Crippen MR) is 80.2 cm³/mol. The molecule has 0 radical (unpaired) electrons. The van der Waals surface area contributed by atoms with Gasteiger partial charge in [-0.2, -0.15) is 0 Å². The van der Waals surface area contributed by atoms with Crippen LogP contribution in [0, 0.1) is 5.92 Å². The van der Waals surface area contributed by atoms with Gasteiger partial charge < -0.3 is 10.2 Å². The number of benzene rings is 1. The Balaban J connectivity index is 1.72. The molecular weight excluding hydrogens is 256 g/mol. The number of fused-ring (bicyclic) bond motifs is 1. The summed E-state index contributed by atoms with van der Waals surface area (Å²) < 4.78 is 0. The highest BCUT2D eigenvalue weighted by Gasteiger charge is 2.27. The van der Waals surface area contributed by atoms with E-state index in [1.165, 1.54) is 5.56 Å². The molecule has 1 heterocycles. The average Bonchev–Trinajstić information content (AvgIpc) is 2.35. The van der Waals surface area contributed by atoms with Crippen molar-refractivity contribution in [1.29, 1.82) is 0 Å². The lowest BCUT2D eigenvalue weighted by atomic mass is 9.85. The highest BCUT2D eigenvalue weighted by molar-refractivity contribution is 7.80. The van der Waals surface area contributed by atoms with Crippen molar-refractivity contribution in [2.45, 2.75) is 32.1 Å². The fourth-order valence-electron chi connectivity index (χ4n) is 2.69. The fraction of sp³-hybridized carbons (Fsp3) is 0.467. The Morgan fingerprint density at radius 3 is 2.79 bits per heavy atom. The number of nitrogens with zero attached hydrogens (tertiary/aromatic N) is 1.